The van der Waals surface area contributed by atoms with E-state index in [1.807, 2.05) is 0 Å². The quantitative estimate of drug-likeness (QED) is 0.0423. The van der Waals surface area contributed by atoms with Gasteiger partial charge in [0.2, 0.25) is 5.91 Å². The number of unbranched alkanes of at least 4 members (excludes halogenated alkanes) is 36. The summed E-state index contributed by atoms with van der Waals surface area (Å²) in [5.41, 5.74) is 0. The maximum absolute atomic E-state index is 12.5. The molecule has 2 atom stereocenters. The predicted octanol–water partition coefficient (Wildman–Crippen LogP) is 17.3. The molecule has 1 amide bonds. The van der Waals surface area contributed by atoms with Crippen molar-refractivity contribution >= 4 is 5.91 Å². The van der Waals surface area contributed by atoms with Gasteiger partial charge in [0.25, 0.3) is 0 Å². The number of nitrogens with one attached hydrogen (secondary N) is 1. The highest BCUT2D eigenvalue weighted by Gasteiger charge is 2.20. The molecule has 0 heterocycles. The van der Waals surface area contributed by atoms with E-state index < -0.39 is 12.1 Å². The van der Waals surface area contributed by atoms with Crippen LogP contribution in [0.25, 0.3) is 0 Å². The van der Waals surface area contributed by atoms with Crippen molar-refractivity contribution in [3.8, 4) is 0 Å². The van der Waals surface area contributed by atoms with Gasteiger partial charge in [0.1, 0.15) is 0 Å². The lowest BCUT2D eigenvalue weighted by molar-refractivity contribution is -0.123. The zero-order valence-corrected chi connectivity index (χ0v) is 40.0. The minimum Gasteiger partial charge on any atom is -0.394 e. The Morgan fingerprint density at radius 1 is 0.407 bits per heavy atom. The maximum atomic E-state index is 12.5. The lowest BCUT2D eigenvalue weighted by atomic mass is 10.0. The number of aliphatic hydroxyl groups excluding tert-OH is 2. The number of allylic oxidation sites excluding steroid dienone is 6. The minimum atomic E-state index is -0.658. The fourth-order valence-corrected chi connectivity index (χ4v) is 8.31. The van der Waals surface area contributed by atoms with Crippen molar-refractivity contribution in [2.45, 2.75) is 302 Å². The van der Waals surface area contributed by atoms with E-state index in [0.29, 0.717) is 12.8 Å². The summed E-state index contributed by atoms with van der Waals surface area (Å²) in [6.45, 7) is 4.37. The molecule has 348 valence electrons. The first-order chi connectivity index (χ1) is 29.2. The van der Waals surface area contributed by atoms with Crippen LogP contribution in [0.4, 0.5) is 0 Å². The molecule has 0 aromatic rings. The third kappa shape index (κ3) is 47.5. The molecule has 59 heavy (non-hydrogen) atoms. The molecule has 0 radical (unpaired) electrons. The van der Waals surface area contributed by atoms with Crippen molar-refractivity contribution in [1.82, 2.24) is 5.32 Å². The second-order valence-corrected chi connectivity index (χ2v) is 18.3. The third-order valence-electron chi connectivity index (χ3n) is 12.4. The molecule has 0 aromatic heterocycles. The Labute approximate surface area is 370 Å². The number of carbonyl (C=O) groups is 1. The SMILES string of the molecule is CCCCCCC/C=C\C/C=C\C/C=C\CCCCCCCCCCCCCCCCCCC(=O)NC(CO)C(O)CCCCCCCCCCCCCCCCCC. The average molecular weight is 828 g/mol. The predicted molar refractivity (Wildman–Crippen MR) is 262 cm³/mol. The standard InChI is InChI=1S/C55H105NO3/c1-3-5-7-9-11-13-15-17-19-21-22-23-24-25-26-27-28-29-30-31-32-33-34-35-37-39-41-43-45-47-49-51-55(59)56-53(52-57)54(58)50-48-46-44-42-40-38-36-20-18-16-14-12-10-8-6-4-2/h15,17,21-22,24-25,53-54,57-58H,3-14,16,18-20,23,26-52H2,1-2H3,(H,56,59)/b17-15-,22-21-,25-24-. The van der Waals surface area contributed by atoms with Crippen LogP contribution in [0.3, 0.4) is 0 Å². The van der Waals surface area contributed by atoms with E-state index in [9.17, 15) is 15.0 Å². The summed E-state index contributed by atoms with van der Waals surface area (Å²) in [4.78, 5) is 12.5. The number of aliphatic hydroxyl groups is 2. The number of hydrogen-bond acceptors (Lipinski definition) is 3. The summed E-state index contributed by atoms with van der Waals surface area (Å²) in [5, 5.41) is 23.3. The zero-order chi connectivity index (χ0) is 42.8. The van der Waals surface area contributed by atoms with Crippen LogP contribution >= 0.6 is 0 Å². The Morgan fingerprint density at radius 3 is 1.03 bits per heavy atom. The lowest BCUT2D eigenvalue weighted by Crippen LogP contribution is -2.45. The van der Waals surface area contributed by atoms with Gasteiger partial charge in [0, 0.05) is 6.42 Å². The smallest absolute Gasteiger partial charge is 0.220 e. The van der Waals surface area contributed by atoms with Crippen molar-refractivity contribution < 1.29 is 15.0 Å². The van der Waals surface area contributed by atoms with Crippen molar-refractivity contribution in [2.75, 3.05) is 6.61 Å². The Balaban J connectivity index is 3.44. The molecular weight excluding hydrogens is 723 g/mol. The van der Waals surface area contributed by atoms with Gasteiger partial charge in [-0.05, 0) is 51.4 Å². The minimum absolute atomic E-state index is 0.0283. The fourth-order valence-electron chi connectivity index (χ4n) is 8.31. The van der Waals surface area contributed by atoms with Gasteiger partial charge >= 0.3 is 0 Å². The Kier molecular flexibility index (Phi) is 49.8. The van der Waals surface area contributed by atoms with Crippen molar-refractivity contribution in [3.63, 3.8) is 0 Å². The molecule has 0 aliphatic rings. The summed E-state index contributed by atoms with van der Waals surface area (Å²) >= 11 is 0. The number of hydrogen-bond donors (Lipinski definition) is 3. The lowest BCUT2D eigenvalue weighted by Gasteiger charge is -2.22. The highest BCUT2D eigenvalue weighted by atomic mass is 16.3. The molecule has 0 saturated heterocycles. The molecule has 2 unspecified atom stereocenters. The van der Waals surface area contributed by atoms with E-state index in [2.05, 4.69) is 55.6 Å². The van der Waals surface area contributed by atoms with Gasteiger partial charge in [-0.1, -0.05) is 269 Å². The van der Waals surface area contributed by atoms with Gasteiger partial charge in [0.05, 0.1) is 18.8 Å². The molecule has 4 heteroatoms. The van der Waals surface area contributed by atoms with E-state index in [4.69, 9.17) is 0 Å². The zero-order valence-electron chi connectivity index (χ0n) is 40.0. The largest absolute Gasteiger partial charge is 0.394 e. The van der Waals surface area contributed by atoms with Gasteiger partial charge in [-0.3, -0.25) is 4.79 Å². The van der Waals surface area contributed by atoms with E-state index in [0.717, 1.165) is 38.5 Å². The second kappa shape index (κ2) is 51.0. The van der Waals surface area contributed by atoms with Crippen LogP contribution in [-0.2, 0) is 4.79 Å². The topological polar surface area (TPSA) is 69.6 Å². The van der Waals surface area contributed by atoms with Crippen molar-refractivity contribution in [2.24, 2.45) is 0 Å². The summed E-state index contributed by atoms with van der Waals surface area (Å²) < 4.78 is 0. The molecule has 4 nitrogen and oxygen atoms in total. The first-order valence-electron chi connectivity index (χ1n) is 26.7. The molecular formula is C55H105NO3. The van der Waals surface area contributed by atoms with Crippen LogP contribution in [-0.4, -0.2) is 34.9 Å². The van der Waals surface area contributed by atoms with Crippen LogP contribution in [0.2, 0.25) is 0 Å². The van der Waals surface area contributed by atoms with E-state index >= 15 is 0 Å². The second-order valence-electron chi connectivity index (χ2n) is 18.3. The molecule has 3 N–H and O–H groups in total. The molecule has 0 spiro atoms. The first-order valence-corrected chi connectivity index (χ1v) is 26.7. The van der Waals surface area contributed by atoms with E-state index in [1.54, 1.807) is 0 Å². The van der Waals surface area contributed by atoms with Crippen LogP contribution < -0.4 is 5.32 Å². The molecule has 0 saturated carbocycles. The van der Waals surface area contributed by atoms with Crippen molar-refractivity contribution in [3.05, 3.63) is 36.5 Å². The monoisotopic (exact) mass is 828 g/mol. The number of carbonyl (C=O) groups excluding carboxylic acids is 1. The summed E-state index contributed by atoms with van der Waals surface area (Å²) in [6.07, 6.45) is 68.3. The van der Waals surface area contributed by atoms with Gasteiger partial charge in [-0.15, -0.1) is 0 Å². The van der Waals surface area contributed by atoms with Crippen LogP contribution in [0.15, 0.2) is 36.5 Å². The van der Waals surface area contributed by atoms with Crippen LogP contribution in [0, 0.1) is 0 Å². The van der Waals surface area contributed by atoms with Gasteiger partial charge in [-0.2, -0.15) is 0 Å². The Bertz CT molecular complexity index is 897. The van der Waals surface area contributed by atoms with Crippen molar-refractivity contribution in [1.29, 1.82) is 0 Å². The normalized spacial score (nSPS) is 13.1. The molecule has 0 aliphatic carbocycles. The highest BCUT2D eigenvalue weighted by Crippen LogP contribution is 2.17. The van der Waals surface area contributed by atoms with Crippen LogP contribution in [0.1, 0.15) is 290 Å². The first kappa shape index (κ1) is 57.6. The summed E-state index contributed by atoms with van der Waals surface area (Å²) in [5.74, 6) is -0.0283. The third-order valence-corrected chi connectivity index (χ3v) is 12.4. The molecule has 0 aliphatic heterocycles. The van der Waals surface area contributed by atoms with Gasteiger partial charge < -0.3 is 15.5 Å². The number of rotatable bonds is 49. The van der Waals surface area contributed by atoms with Gasteiger partial charge in [-0.25, -0.2) is 0 Å². The average Bonchev–Trinajstić information content (AvgIpc) is 3.24. The summed E-state index contributed by atoms with van der Waals surface area (Å²) in [7, 11) is 0. The number of amides is 1. The maximum Gasteiger partial charge on any atom is 0.220 e. The molecule has 0 aromatic carbocycles. The Morgan fingerprint density at radius 2 is 0.695 bits per heavy atom. The fraction of sp³-hybridized carbons (Fsp3) is 0.873. The van der Waals surface area contributed by atoms with E-state index in [1.165, 1.54) is 225 Å². The molecule has 0 bridgehead atoms. The Hall–Kier alpha value is -1.39. The van der Waals surface area contributed by atoms with Crippen LogP contribution in [0.5, 0.6) is 0 Å². The summed E-state index contributed by atoms with van der Waals surface area (Å²) in [6, 6.07) is -0.535. The van der Waals surface area contributed by atoms with E-state index in [-0.39, 0.29) is 12.5 Å². The van der Waals surface area contributed by atoms with Gasteiger partial charge in [0.15, 0.2) is 0 Å². The molecule has 0 rings (SSSR count). The molecule has 0 fully saturated rings. The highest BCUT2D eigenvalue weighted by molar-refractivity contribution is 5.76.